The fourth-order valence-corrected chi connectivity index (χ4v) is 1.48. The van der Waals surface area contributed by atoms with Crippen LogP contribution in [0.15, 0.2) is 18.3 Å². The molecule has 17 heavy (non-hydrogen) atoms. The lowest BCUT2D eigenvalue weighted by molar-refractivity contribution is -0.137. The minimum atomic E-state index is -4.10. The second-order valence-corrected chi connectivity index (χ2v) is 3.86. The van der Waals surface area contributed by atoms with E-state index in [2.05, 4.69) is 10.3 Å². The summed E-state index contributed by atoms with van der Waals surface area (Å²) in [6.45, 7) is 0.432. The standard InChI is InChI=1S/C11H16F3N3/c1-15-10-9(4-3-6-16-10)8-17(2)7-5-11(12,13)14/h3-4,6H,5,7-8H2,1-2H3,(H,15,16). The fourth-order valence-electron chi connectivity index (χ4n) is 1.48. The van der Waals surface area contributed by atoms with Crippen LogP contribution >= 0.6 is 0 Å². The molecule has 0 aliphatic heterocycles. The van der Waals surface area contributed by atoms with E-state index in [-0.39, 0.29) is 6.54 Å². The Morgan fingerprint density at radius 3 is 2.71 bits per heavy atom. The third-order valence-electron chi connectivity index (χ3n) is 2.35. The summed E-state index contributed by atoms with van der Waals surface area (Å²) < 4.78 is 36.1. The SMILES string of the molecule is CNc1ncccc1CN(C)CCC(F)(F)F. The quantitative estimate of drug-likeness (QED) is 0.866. The van der Waals surface area contributed by atoms with Gasteiger partial charge in [0.05, 0.1) is 6.42 Å². The Kier molecular flexibility index (Phi) is 4.74. The molecule has 0 unspecified atom stereocenters. The van der Waals surface area contributed by atoms with E-state index < -0.39 is 12.6 Å². The highest BCUT2D eigenvalue weighted by molar-refractivity contribution is 5.42. The molecule has 0 atom stereocenters. The molecule has 0 spiro atoms. The van der Waals surface area contributed by atoms with Crippen LogP contribution in [0.4, 0.5) is 19.0 Å². The summed E-state index contributed by atoms with van der Waals surface area (Å²) in [7, 11) is 3.40. The van der Waals surface area contributed by atoms with Crippen LogP contribution in [0.5, 0.6) is 0 Å². The molecule has 0 fully saturated rings. The van der Waals surface area contributed by atoms with Crippen molar-refractivity contribution < 1.29 is 13.2 Å². The Labute approximate surface area is 98.6 Å². The first-order valence-corrected chi connectivity index (χ1v) is 5.29. The van der Waals surface area contributed by atoms with Crippen molar-refractivity contribution in [3.63, 3.8) is 0 Å². The first-order valence-electron chi connectivity index (χ1n) is 5.29. The van der Waals surface area contributed by atoms with Crippen LogP contribution in [0.25, 0.3) is 0 Å². The molecular formula is C11H16F3N3. The summed E-state index contributed by atoms with van der Waals surface area (Å²) in [6.07, 6.45) is -3.25. The predicted octanol–water partition coefficient (Wildman–Crippen LogP) is 2.51. The molecule has 0 aromatic carbocycles. The highest BCUT2D eigenvalue weighted by Crippen LogP contribution is 2.20. The van der Waals surface area contributed by atoms with E-state index in [1.54, 1.807) is 31.3 Å². The number of pyridine rings is 1. The number of alkyl halides is 3. The Bertz CT molecular complexity index is 352. The van der Waals surface area contributed by atoms with Gasteiger partial charge < -0.3 is 10.2 Å². The Balaban J connectivity index is 2.53. The molecule has 1 rings (SSSR count). The molecule has 0 saturated heterocycles. The van der Waals surface area contributed by atoms with E-state index in [0.29, 0.717) is 12.4 Å². The zero-order chi connectivity index (χ0) is 12.9. The second-order valence-electron chi connectivity index (χ2n) is 3.86. The van der Waals surface area contributed by atoms with Gasteiger partial charge >= 0.3 is 6.18 Å². The van der Waals surface area contributed by atoms with Gasteiger partial charge in [0, 0.05) is 31.9 Å². The molecule has 3 nitrogen and oxygen atoms in total. The van der Waals surface area contributed by atoms with Crippen LogP contribution in [0.2, 0.25) is 0 Å². The third kappa shape index (κ3) is 5.04. The number of hydrogen-bond acceptors (Lipinski definition) is 3. The first kappa shape index (κ1) is 13.8. The maximum atomic E-state index is 12.0. The number of nitrogens with zero attached hydrogens (tertiary/aromatic N) is 2. The highest BCUT2D eigenvalue weighted by atomic mass is 19.4. The highest BCUT2D eigenvalue weighted by Gasteiger charge is 2.27. The summed E-state index contributed by atoms with van der Waals surface area (Å²) >= 11 is 0. The molecule has 0 saturated carbocycles. The lowest BCUT2D eigenvalue weighted by atomic mass is 10.2. The summed E-state index contributed by atoms with van der Waals surface area (Å²) in [5.41, 5.74) is 0.889. The van der Waals surface area contributed by atoms with Crippen molar-refractivity contribution in [3.05, 3.63) is 23.9 Å². The molecule has 6 heteroatoms. The maximum absolute atomic E-state index is 12.0. The lowest BCUT2D eigenvalue weighted by Crippen LogP contribution is -2.24. The molecule has 1 heterocycles. The van der Waals surface area contributed by atoms with E-state index in [0.717, 1.165) is 5.56 Å². The van der Waals surface area contributed by atoms with Gasteiger partial charge in [-0.15, -0.1) is 0 Å². The Hall–Kier alpha value is -1.30. The Morgan fingerprint density at radius 2 is 2.12 bits per heavy atom. The molecule has 0 bridgehead atoms. The average molecular weight is 247 g/mol. The predicted molar refractivity (Wildman–Crippen MR) is 60.8 cm³/mol. The largest absolute Gasteiger partial charge is 0.390 e. The van der Waals surface area contributed by atoms with Gasteiger partial charge in [-0.1, -0.05) is 6.07 Å². The van der Waals surface area contributed by atoms with E-state index in [1.807, 2.05) is 6.07 Å². The summed E-state index contributed by atoms with van der Waals surface area (Å²) in [5, 5.41) is 2.91. The fraction of sp³-hybridized carbons (Fsp3) is 0.545. The second kappa shape index (κ2) is 5.86. The number of hydrogen-bond donors (Lipinski definition) is 1. The van der Waals surface area contributed by atoms with Crippen molar-refractivity contribution >= 4 is 5.82 Å². The Morgan fingerprint density at radius 1 is 1.41 bits per heavy atom. The van der Waals surface area contributed by atoms with Crippen molar-refractivity contribution in [1.82, 2.24) is 9.88 Å². The molecule has 96 valence electrons. The van der Waals surface area contributed by atoms with Crippen molar-refractivity contribution in [2.75, 3.05) is 26.0 Å². The van der Waals surface area contributed by atoms with Crippen molar-refractivity contribution in [2.45, 2.75) is 19.1 Å². The average Bonchev–Trinajstić information content (AvgIpc) is 2.26. The zero-order valence-electron chi connectivity index (χ0n) is 9.88. The smallest absolute Gasteiger partial charge is 0.373 e. The van der Waals surface area contributed by atoms with Crippen LogP contribution in [-0.4, -0.2) is 36.7 Å². The molecular weight excluding hydrogens is 231 g/mol. The van der Waals surface area contributed by atoms with E-state index in [9.17, 15) is 13.2 Å². The van der Waals surface area contributed by atoms with Gasteiger partial charge in [-0.2, -0.15) is 13.2 Å². The number of nitrogens with one attached hydrogen (secondary N) is 1. The zero-order valence-corrected chi connectivity index (χ0v) is 9.88. The molecule has 0 aliphatic carbocycles. The molecule has 1 N–H and O–H groups in total. The number of halogens is 3. The van der Waals surface area contributed by atoms with E-state index >= 15 is 0 Å². The lowest BCUT2D eigenvalue weighted by Gasteiger charge is -2.18. The van der Waals surface area contributed by atoms with Crippen LogP contribution in [0.1, 0.15) is 12.0 Å². The van der Waals surface area contributed by atoms with Crippen LogP contribution in [0.3, 0.4) is 0 Å². The third-order valence-corrected chi connectivity index (χ3v) is 2.35. The maximum Gasteiger partial charge on any atom is 0.390 e. The van der Waals surface area contributed by atoms with Crippen LogP contribution in [-0.2, 0) is 6.54 Å². The van der Waals surface area contributed by atoms with E-state index in [1.165, 1.54) is 0 Å². The van der Waals surface area contributed by atoms with Gasteiger partial charge in [0.2, 0.25) is 0 Å². The summed E-state index contributed by atoms with van der Waals surface area (Å²) in [4.78, 5) is 5.73. The monoisotopic (exact) mass is 247 g/mol. The van der Waals surface area contributed by atoms with Crippen LogP contribution < -0.4 is 5.32 Å². The van der Waals surface area contributed by atoms with Crippen LogP contribution in [0, 0.1) is 0 Å². The molecule has 1 aromatic rings. The van der Waals surface area contributed by atoms with Gasteiger partial charge in [0.1, 0.15) is 5.82 Å². The van der Waals surface area contributed by atoms with Crippen molar-refractivity contribution in [3.8, 4) is 0 Å². The van der Waals surface area contributed by atoms with Crippen molar-refractivity contribution in [2.24, 2.45) is 0 Å². The van der Waals surface area contributed by atoms with E-state index in [4.69, 9.17) is 0 Å². The number of aromatic nitrogens is 1. The molecule has 0 radical (unpaired) electrons. The van der Waals surface area contributed by atoms with Gasteiger partial charge in [0.15, 0.2) is 0 Å². The summed E-state index contributed by atoms with van der Waals surface area (Å²) in [6, 6.07) is 3.62. The first-order chi connectivity index (χ1) is 7.92. The minimum absolute atomic E-state index is 0.0124. The topological polar surface area (TPSA) is 28.2 Å². The minimum Gasteiger partial charge on any atom is -0.373 e. The van der Waals surface area contributed by atoms with Crippen molar-refractivity contribution in [1.29, 1.82) is 0 Å². The number of rotatable bonds is 5. The van der Waals surface area contributed by atoms with Gasteiger partial charge in [-0.3, -0.25) is 0 Å². The number of anilines is 1. The summed E-state index contributed by atoms with van der Waals surface area (Å²) in [5.74, 6) is 0.700. The van der Waals surface area contributed by atoms with Gasteiger partial charge in [-0.25, -0.2) is 4.98 Å². The molecule has 1 aromatic heterocycles. The van der Waals surface area contributed by atoms with Gasteiger partial charge in [-0.05, 0) is 13.1 Å². The van der Waals surface area contributed by atoms with Gasteiger partial charge in [0.25, 0.3) is 0 Å². The molecule has 0 amide bonds. The molecule has 0 aliphatic rings. The normalized spacial score (nSPS) is 11.9.